The van der Waals surface area contributed by atoms with E-state index in [-0.39, 0.29) is 0 Å². The molecule has 3 heteroatoms. The van der Waals surface area contributed by atoms with Gasteiger partial charge in [-0.1, -0.05) is 43.1 Å². The fraction of sp³-hybridized carbons (Fsp3) is 0.294. The Bertz CT molecular complexity index is 562. The van der Waals surface area contributed by atoms with E-state index < -0.39 is 6.10 Å². The molecule has 106 valence electrons. The molecule has 2 rings (SSSR count). The third-order valence-corrected chi connectivity index (χ3v) is 3.42. The Balaban J connectivity index is 2.13. The Morgan fingerprint density at radius 3 is 2.40 bits per heavy atom. The Labute approximate surface area is 125 Å². The molecule has 2 aromatic rings. The molecule has 0 amide bonds. The van der Waals surface area contributed by atoms with Gasteiger partial charge < -0.3 is 9.84 Å². The molecular formula is C17H19ClO2. The van der Waals surface area contributed by atoms with Crippen LogP contribution in [0.1, 0.15) is 37.5 Å². The van der Waals surface area contributed by atoms with Crippen molar-refractivity contribution in [1.29, 1.82) is 0 Å². The minimum absolute atomic E-state index is 0.501. The summed E-state index contributed by atoms with van der Waals surface area (Å²) < 4.78 is 5.76. The molecule has 0 bridgehead atoms. The highest BCUT2D eigenvalue weighted by Crippen LogP contribution is 2.31. The van der Waals surface area contributed by atoms with E-state index >= 15 is 0 Å². The summed E-state index contributed by atoms with van der Waals surface area (Å²) in [6, 6.07) is 13.4. The molecule has 0 saturated carbocycles. The smallest absolute Gasteiger partial charge is 0.146 e. The third-order valence-electron chi connectivity index (χ3n) is 3.13. The van der Waals surface area contributed by atoms with Crippen molar-refractivity contribution in [3.05, 3.63) is 58.6 Å². The second-order valence-corrected chi connectivity index (χ2v) is 5.27. The predicted octanol–water partition coefficient (Wildman–Crippen LogP) is 5.14. The summed E-state index contributed by atoms with van der Waals surface area (Å²) in [5.41, 5.74) is 2.08. The molecule has 2 nitrogen and oxygen atoms in total. The van der Waals surface area contributed by atoms with Crippen LogP contribution in [0.5, 0.6) is 11.5 Å². The van der Waals surface area contributed by atoms with E-state index in [1.165, 1.54) is 5.56 Å². The van der Waals surface area contributed by atoms with E-state index in [4.69, 9.17) is 16.3 Å². The maximum atomic E-state index is 9.51. The number of aliphatic hydroxyl groups is 1. The molecule has 0 aliphatic heterocycles. The molecule has 0 unspecified atom stereocenters. The number of ether oxygens (including phenoxy) is 1. The number of rotatable bonds is 5. The summed E-state index contributed by atoms with van der Waals surface area (Å²) in [5, 5.41) is 10.0. The van der Waals surface area contributed by atoms with E-state index in [2.05, 4.69) is 19.1 Å². The highest BCUT2D eigenvalue weighted by Gasteiger charge is 2.07. The van der Waals surface area contributed by atoms with Gasteiger partial charge in [0.15, 0.2) is 0 Å². The van der Waals surface area contributed by atoms with Gasteiger partial charge in [0.25, 0.3) is 0 Å². The van der Waals surface area contributed by atoms with Crippen LogP contribution >= 0.6 is 11.6 Å². The lowest BCUT2D eigenvalue weighted by Crippen LogP contribution is -1.92. The van der Waals surface area contributed by atoms with Crippen LogP contribution in [0, 0.1) is 0 Å². The maximum absolute atomic E-state index is 9.51. The number of aryl methyl sites for hydroxylation is 1. The fourth-order valence-corrected chi connectivity index (χ4v) is 2.23. The fourth-order valence-electron chi connectivity index (χ4n) is 2.00. The lowest BCUT2D eigenvalue weighted by Gasteiger charge is -2.11. The molecule has 1 atom stereocenters. The minimum Gasteiger partial charge on any atom is -0.456 e. The summed E-state index contributed by atoms with van der Waals surface area (Å²) in [7, 11) is 0. The zero-order valence-corrected chi connectivity index (χ0v) is 12.5. The van der Waals surface area contributed by atoms with Crippen molar-refractivity contribution < 1.29 is 9.84 Å². The lowest BCUT2D eigenvalue weighted by atomic mass is 10.1. The van der Waals surface area contributed by atoms with Crippen molar-refractivity contribution in [1.82, 2.24) is 0 Å². The summed E-state index contributed by atoms with van der Waals surface area (Å²) >= 11 is 6.17. The highest BCUT2D eigenvalue weighted by molar-refractivity contribution is 6.32. The molecule has 0 aromatic heterocycles. The molecule has 0 radical (unpaired) electrons. The molecule has 0 saturated heterocycles. The second-order valence-electron chi connectivity index (χ2n) is 4.86. The Morgan fingerprint density at radius 1 is 1.15 bits per heavy atom. The van der Waals surface area contributed by atoms with Crippen molar-refractivity contribution in [2.24, 2.45) is 0 Å². The zero-order valence-electron chi connectivity index (χ0n) is 11.8. The van der Waals surface area contributed by atoms with Crippen molar-refractivity contribution in [3.63, 3.8) is 0 Å². The highest BCUT2D eigenvalue weighted by atomic mass is 35.5. The minimum atomic E-state index is -0.533. The molecule has 0 fully saturated rings. The number of hydrogen-bond acceptors (Lipinski definition) is 2. The number of halogens is 1. The average molecular weight is 291 g/mol. The van der Waals surface area contributed by atoms with E-state index in [9.17, 15) is 5.11 Å². The summed E-state index contributed by atoms with van der Waals surface area (Å²) in [4.78, 5) is 0. The summed E-state index contributed by atoms with van der Waals surface area (Å²) in [6.45, 7) is 3.87. The predicted molar refractivity (Wildman–Crippen MR) is 82.6 cm³/mol. The van der Waals surface area contributed by atoms with E-state index in [1.807, 2.05) is 18.2 Å². The SMILES string of the molecule is CCCc1ccc(Oc2ccc([C@H](C)O)cc2Cl)cc1. The first-order valence-electron chi connectivity index (χ1n) is 6.84. The Kier molecular flexibility index (Phi) is 5.05. The monoisotopic (exact) mass is 290 g/mol. The number of aliphatic hydroxyl groups excluding tert-OH is 1. The van der Waals surface area contributed by atoms with Crippen LogP contribution in [-0.4, -0.2) is 5.11 Å². The Morgan fingerprint density at radius 2 is 1.85 bits per heavy atom. The van der Waals surface area contributed by atoms with Crippen molar-refractivity contribution in [2.75, 3.05) is 0 Å². The van der Waals surface area contributed by atoms with Crippen LogP contribution in [0.3, 0.4) is 0 Å². The zero-order chi connectivity index (χ0) is 14.5. The molecule has 0 heterocycles. The summed E-state index contributed by atoms with van der Waals surface area (Å²) in [5.74, 6) is 1.36. The van der Waals surface area contributed by atoms with Crippen molar-refractivity contribution in [2.45, 2.75) is 32.8 Å². The van der Waals surface area contributed by atoms with Gasteiger partial charge in [0.1, 0.15) is 11.5 Å². The van der Waals surface area contributed by atoms with Gasteiger partial charge in [0, 0.05) is 0 Å². The van der Waals surface area contributed by atoms with Crippen LogP contribution < -0.4 is 4.74 Å². The molecular weight excluding hydrogens is 272 g/mol. The molecule has 20 heavy (non-hydrogen) atoms. The van der Waals surface area contributed by atoms with Crippen LogP contribution in [-0.2, 0) is 6.42 Å². The van der Waals surface area contributed by atoms with Gasteiger partial charge in [-0.25, -0.2) is 0 Å². The molecule has 2 aromatic carbocycles. The molecule has 1 N–H and O–H groups in total. The number of hydrogen-bond donors (Lipinski definition) is 1. The van der Waals surface area contributed by atoms with Crippen molar-refractivity contribution in [3.8, 4) is 11.5 Å². The van der Waals surface area contributed by atoms with Gasteiger partial charge >= 0.3 is 0 Å². The van der Waals surface area contributed by atoms with E-state index in [1.54, 1.807) is 19.1 Å². The van der Waals surface area contributed by atoms with Crippen LogP contribution in [0.15, 0.2) is 42.5 Å². The topological polar surface area (TPSA) is 29.5 Å². The van der Waals surface area contributed by atoms with Gasteiger partial charge in [0.2, 0.25) is 0 Å². The Hall–Kier alpha value is -1.51. The largest absolute Gasteiger partial charge is 0.456 e. The standard InChI is InChI=1S/C17H19ClO2/c1-3-4-13-5-8-15(9-6-13)20-17-10-7-14(12(2)19)11-16(17)18/h5-12,19H,3-4H2,1-2H3/t12-/m0/s1. The van der Waals surface area contributed by atoms with Gasteiger partial charge in [-0.2, -0.15) is 0 Å². The quantitative estimate of drug-likeness (QED) is 0.826. The molecule has 0 aliphatic carbocycles. The van der Waals surface area contributed by atoms with E-state index in [0.29, 0.717) is 10.8 Å². The average Bonchev–Trinajstić information content (AvgIpc) is 2.43. The lowest BCUT2D eigenvalue weighted by molar-refractivity contribution is 0.199. The van der Waals surface area contributed by atoms with E-state index in [0.717, 1.165) is 24.2 Å². The molecule has 0 spiro atoms. The van der Waals surface area contributed by atoms with Crippen LogP contribution in [0.4, 0.5) is 0 Å². The normalized spacial score (nSPS) is 12.2. The number of benzene rings is 2. The maximum Gasteiger partial charge on any atom is 0.146 e. The van der Waals surface area contributed by atoms with Crippen molar-refractivity contribution >= 4 is 11.6 Å². The van der Waals surface area contributed by atoms with Gasteiger partial charge in [-0.05, 0) is 48.7 Å². The summed E-state index contributed by atoms with van der Waals surface area (Å²) in [6.07, 6.45) is 1.67. The third kappa shape index (κ3) is 3.75. The molecule has 0 aliphatic rings. The van der Waals surface area contributed by atoms with Gasteiger partial charge in [0.05, 0.1) is 11.1 Å². The van der Waals surface area contributed by atoms with Crippen LogP contribution in [0.2, 0.25) is 5.02 Å². The second kappa shape index (κ2) is 6.78. The first-order chi connectivity index (χ1) is 9.60. The van der Waals surface area contributed by atoms with Gasteiger partial charge in [-0.3, -0.25) is 0 Å². The van der Waals surface area contributed by atoms with Gasteiger partial charge in [-0.15, -0.1) is 0 Å². The van der Waals surface area contributed by atoms with Crippen LogP contribution in [0.25, 0.3) is 0 Å². The first kappa shape index (κ1) is 14.9. The first-order valence-corrected chi connectivity index (χ1v) is 7.22.